The third-order valence-corrected chi connectivity index (χ3v) is 3.54. The first-order valence-corrected chi connectivity index (χ1v) is 6.24. The smallest absolute Gasteiger partial charge is 0.146 e. The molecule has 0 radical (unpaired) electrons. The van der Waals surface area contributed by atoms with Crippen LogP contribution >= 0.6 is 0 Å². The van der Waals surface area contributed by atoms with Gasteiger partial charge in [-0.3, -0.25) is 0 Å². The van der Waals surface area contributed by atoms with Crippen molar-refractivity contribution < 1.29 is 19.4 Å². The van der Waals surface area contributed by atoms with Gasteiger partial charge in [-0.05, 0) is 12.8 Å². The van der Waals surface area contributed by atoms with Gasteiger partial charge in [0, 0.05) is 18.9 Å². The monoisotopic (exact) mass is 257 g/mol. The van der Waals surface area contributed by atoms with E-state index in [1.807, 2.05) is 0 Å². The lowest BCUT2D eigenvalue weighted by molar-refractivity contribution is -0.0951. The van der Waals surface area contributed by atoms with Crippen molar-refractivity contribution in [2.75, 3.05) is 20.5 Å². The summed E-state index contributed by atoms with van der Waals surface area (Å²) in [5.74, 6) is 0. The van der Waals surface area contributed by atoms with Crippen LogP contribution in [0.1, 0.15) is 26.2 Å². The van der Waals surface area contributed by atoms with Gasteiger partial charge >= 0.3 is 0 Å². The van der Waals surface area contributed by atoms with Crippen LogP contribution in [-0.4, -0.2) is 44.1 Å². The van der Waals surface area contributed by atoms with Crippen molar-refractivity contribution in [3.05, 3.63) is 12.7 Å². The SMILES string of the molecule is C=CCO[C@@H]1C[C@H](OCOC)[C@@](/C=N\O)(CC)C1. The van der Waals surface area contributed by atoms with Crippen molar-refractivity contribution in [1.29, 1.82) is 0 Å². The molecule has 0 bridgehead atoms. The molecule has 0 aliphatic heterocycles. The Morgan fingerprint density at radius 3 is 2.83 bits per heavy atom. The maximum absolute atomic E-state index is 8.85. The second-order valence-electron chi connectivity index (χ2n) is 4.58. The van der Waals surface area contributed by atoms with Gasteiger partial charge in [-0.15, -0.1) is 11.7 Å². The Labute approximate surface area is 108 Å². The Bertz CT molecular complexity index is 282. The van der Waals surface area contributed by atoms with Gasteiger partial charge in [0.05, 0.1) is 25.0 Å². The minimum Gasteiger partial charge on any atom is -0.411 e. The number of oxime groups is 1. The molecule has 0 unspecified atom stereocenters. The summed E-state index contributed by atoms with van der Waals surface area (Å²) in [5, 5.41) is 12.1. The molecule has 1 aliphatic carbocycles. The molecular formula is C13H23NO4. The molecule has 1 rings (SSSR count). The minimum atomic E-state index is -0.279. The first-order chi connectivity index (χ1) is 8.72. The molecule has 0 aromatic rings. The molecule has 0 heterocycles. The average molecular weight is 257 g/mol. The zero-order valence-electron chi connectivity index (χ0n) is 11.2. The Hall–Kier alpha value is -0.910. The van der Waals surface area contributed by atoms with E-state index in [4.69, 9.17) is 19.4 Å². The van der Waals surface area contributed by atoms with E-state index < -0.39 is 0 Å². The number of hydrogen-bond donors (Lipinski definition) is 1. The normalized spacial score (nSPS) is 32.1. The van der Waals surface area contributed by atoms with Gasteiger partial charge < -0.3 is 19.4 Å². The van der Waals surface area contributed by atoms with Crippen molar-refractivity contribution in [3.63, 3.8) is 0 Å². The van der Waals surface area contributed by atoms with Crippen LogP contribution in [0.2, 0.25) is 0 Å². The Balaban J connectivity index is 2.72. The molecule has 3 atom stereocenters. The second kappa shape index (κ2) is 7.51. The number of rotatable bonds is 8. The Morgan fingerprint density at radius 1 is 1.50 bits per heavy atom. The number of nitrogens with zero attached hydrogens (tertiary/aromatic N) is 1. The predicted octanol–water partition coefficient (Wildman–Crippen LogP) is 2.20. The molecule has 1 aliphatic rings. The molecule has 0 spiro atoms. The van der Waals surface area contributed by atoms with Crippen molar-refractivity contribution in [2.45, 2.75) is 38.4 Å². The maximum Gasteiger partial charge on any atom is 0.146 e. The summed E-state index contributed by atoms with van der Waals surface area (Å²) in [6.45, 7) is 6.46. The average Bonchev–Trinajstić information content (AvgIpc) is 2.73. The molecule has 5 heteroatoms. The van der Waals surface area contributed by atoms with Gasteiger partial charge in [-0.25, -0.2) is 0 Å². The van der Waals surface area contributed by atoms with E-state index in [0.29, 0.717) is 6.61 Å². The van der Waals surface area contributed by atoms with Crippen molar-refractivity contribution >= 4 is 6.21 Å². The summed E-state index contributed by atoms with van der Waals surface area (Å²) in [5.41, 5.74) is -0.279. The zero-order valence-corrected chi connectivity index (χ0v) is 11.2. The highest BCUT2D eigenvalue weighted by atomic mass is 16.7. The van der Waals surface area contributed by atoms with Crippen LogP contribution in [0.4, 0.5) is 0 Å². The number of ether oxygens (including phenoxy) is 3. The highest BCUT2D eigenvalue weighted by molar-refractivity contribution is 5.67. The molecule has 1 saturated carbocycles. The second-order valence-corrected chi connectivity index (χ2v) is 4.58. The molecule has 0 aromatic carbocycles. The van der Waals surface area contributed by atoms with Gasteiger partial charge in [0.2, 0.25) is 0 Å². The fourth-order valence-electron chi connectivity index (χ4n) is 2.54. The zero-order chi connectivity index (χ0) is 13.4. The molecular weight excluding hydrogens is 234 g/mol. The lowest BCUT2D eigenvalue weighted by Crippen LogP contribution is -2.33. The van der Waals surface area contributed by atoms with Crippen molar-refractivity contribution in [3.8, 4) is 0 Å². The van der Waals surface area contributed by atoms with Crippen LogP contribution in [0.3, 0.4) is 0 Å². The van der Waals surface area contributed by atoms with Gasteiger partial charge in [0.25, 0.3) is 0 Å². The van der Waals surface area contributed by atoms with Crippen molar-refractivity contribution in [1.82, 2.24) is 0 Å². The van der Waals surface area contributed by atoms with Gasteiger partial charge in [0.1, 0.15) is 6.79 Å². The largest absolute Gasteiger partial charge is 0.411 e. The maximum atomic E-state index is 8.85. The first kappa shape index (κ1) is 15.1. The topological polar surface area (TPSA) is 60.3 Å². The van der Waals surface area contributed by atoms with Crippen LogP contribution in [-0.2, 0) is 14.2 Å². The first-order valence-electron chi connectivity index (χ1n) is 6.24. The van der Waals surface area contributed by atoms with E-state index in [9.17, 15) is 0 Å². The van der Waals surface area contributed by atoms with E-state index in [0.717, 1.165) is 19.3 Å². The van der Waals surface area contributed by atoms with E-state index in [1.54, 1.807) is 19.4 Å². The Morgan fingerprint density at radius 2 is 2.28 bits per heavy atom. The van der Waals surface area contributed by atoms with Crippen LogP contribution in [0.5, 0.6) is 0 Å². The highest BCUT2D eigenvalue weighted by Gasteiger charge is 2.46. The summed E-state index contributed by atoms with van der Waals surface area (Å²) >= 11 is 0. The summed E-state index contributed by atoms with van der Waals surface area (Å²) in [6.07, 6.45) is 5.75. The number of methoxy groups -OCH3 is 1. The van der Waals surface area contributed by atoms with Crippen molar-refractivity contribution in [2.24, 2.45) is 10.6 Å². The van der Waals surface area contributed by atoms with Gasteiger partial charge in [0.15, 0.2) is 0 Å². The predicted molar refractivity (Wildman–Crippen MR) is 68.9 cm³/mol. The molecule has 1 fully saturated rings. The standard InChI is InChI=1S/C13H23NO4/c1-4-6-17-11-7-12(18-10-16-3)13(5-2,8-11)9-14-15/h4,9,11-12,15H,1,5-8,10H2,2-3H3/b14-9-/t11-,12+,13+/m1/s1. The van der Waals surface area contributed by atoms with Crippen LogP contribution < -0.4 is 0 Å². The van der Waals surface area contributed by atoms with E-state index >= 15 is 0 Å². The summed E-state index contributed by atoms with van der Waals surface area (Å²) in [6, 6.07) is 0. The van der Waals surface area contributed by atoms with Crippen LogP contribution in [0.15, 0.2) is 17.8 Å². The molecule has 18 heavy (non-hydrogen) atoms. The molecule has 0 amide bonds. The minimum absolute atomic E-state index is 0.0480. The highest BCUT2D eigenvalue weighted by Crippen LogP contribution is 2.43. The molecule has 1 N–H and O–H groups in total. The third-order valence-electron chi connectivity index (χ3n) is 3.54. The fourth-order valence-corrected chi connectivity index (χ4v) is 2.54. The van der Waals surface area contributed by atoms with Gasteiger partial charge in [-0.2, -0.15) is 0 Å². The van der Waals surface area contributed by atoms with Crippen LogP contribution in [0, 0.1) is 5.41 Å². The molecule has 5 nitrogen and oxygen atoms in total. The molecule has 0 aromatic heterocycles. The third kappa shape index (κ3) is 3.54. The number of hydrogen-bond acceptors (Lipinski definition) is 5. The molecule has 104 valence electrons. The van der Waals surface area contributed by atoms with Crippen LogP contribution in [0.25, 0.3) is 0 Å². The summed E-state index contributed by atoms with van der Waals surface area (Å²) in [4.78, 5) is 0. The fraction of sp³-hybridized carbons (Fsp3) is 0.769. The lowest BCUT2D eigenvalue weighted by atomic mass is 9.82. The lowest BCUT2D eigenvalue weighted by Gasteiger charge is -2.29. The van der Waals surface area contributed by atoms with E-state index in [2.05, 4.69) is 18.7 Å². The summed E-state index contributed by atoms with van der Waals surface area (Å²) in [7, 11) is 1.59. The Kier molecular flexibility index (Phi) is 6.32. The summed E-state index contributed by atoms with van der Waals surface area (Å²) < 4.78 is 16.3. The molecule has 0 saturated heterocycles. The van der Waals surface area contributed by atoms with E-state index in [1.165, 1.54) is 0 Å². The quantitative estimate of drug-likeness (QED) is 0.238. The van der Waals surface area contributed by atoms with E-state index in [-0.39, 0.29) is 24.4 Å². The van der Waals surface area contributed by atoms with Gasteiger partial charge in [-0.1, -0.05) is 13.0 Å².